The van der Waals surface area contributed by atoms with Crippen LogP contribution in [-0.4, -0.2) is 13.2 Å². The Kier molecular flexibility index (Phi) is 6.04. The second-order valence-electron chi connectivity index (χ2n) is 7.38. The quantitative estimate of drug-likeness (QED) is 0.609. The summed E-state index contributed by atoms with van der Waals surface area (Å²) in [5.41, 5.74) is 4.46. The van der Waals surface area contributed by atoms with Gasteiger partial charge >= 0.3 is 6.09 Å². The Balaban J connectivity index is 1.53. The van der Waals surface area contributed by atoms with Crippen molar-refractivity contribution in [2.75, 3.05) is 12.4 Å². The molecule has 0 radical (unpaired) electrons. The predicted octanol–water partition coefficient (Wildman–Crippen LogP) is 5.09. The van der Waals surface area contributed by atoms with Gasteiger partial charge < -0.3 is 20.1 Å². The maximum Gasteiger partial charge on any atom is 0.407 e. The Morgan fingerprint density at radius 3 is 2.61 bits per heavy atom. The van der Waals surface area contributed by atoms with E-state index in [1.165, 1.54) is 0 Å². The largest absolute Gasteiger partial charge is 0.497 e. The summed E-state index contributed by atoms with van der Waals surface area (Å²) < 4.78 is 10.8. The molecule has 1 aliphatic rings. The van der Waals surface area contributed by atoms with Crippen LogP contribution in [-0.2, 0) is 11.3 Å². The lowest BCUT2D eigenvalue weighted by Crippen LogP contribution is -2.34. The minimum Gasteiger partial charge on any atom is -0.497 e. The van der Waals surface area contributed by atoms with Crippen molar-refractivity contribution in [2.45, 2.75) is 25.1 Å². The van der Waals surface area contributed by atoms with Crippen LogP contribution in [0, 0.1) is 11.3 Å². The lowest BCUT2D eigenvalue weighted by Gasteiger charge is -2.34. The number of carbonyl (C=O) groups excluding carboxylic acids is 1. The molecule has 0 saturated heterocycles. The molecule has 1 amide bonds. The van der Waals surface area contributed by atoms with E-state index in [0.29, 0.717) is 12.0 Å². The number of hydrogen-bond donors (Lipinski definition) is 2. The molecule has 0 aliphatic carbocycles. The minimum atomic E-state index is -0.469. The molecule has 0 spiro atoms. The van der Waals surface area contributed by atoms with E-state index in [0.717, 1.165) is 28.1 Å². The number of ether oxygens (including phenoxy) is 2. The molecular weight excluding hydrogens is 390 g/mol. The Labute approximate surface area is 181 Å². The second-order valence-corrected chi connectivity index (χ2v) is 7.38. The van der Waals surface area contributed by atoms with E-state index in [1.807, 2.05) is 60.7 Å². The third-order valence-electron chi connectivity index (χ3n) is 5.38. The van der Waals surface area contributed by atoms with E-state index in [2.05, 4.69) is 16.7 Å². The first-order valence-electron chi connectivity index (χ1n) is 10.1. The van der Waals surface area contributed by atoms with Crippen molar-refractivity contribution in [1.82, 2.24) is 5.32 Å². The third kappa shape index (κ3) is 4.78. The van der Waals surface area contributed by atoms with Crippen molar-refractivity contribution >= 4 is 11.8 Å². The van der Waals surface area contributed by atoms with Gasteiger partial charge in [-0.05, 0) is 47.9 Å². The summed E-state index contributed by atoms with van der Waals surface area (Å²) in [5, 5.41) is 15.6. The van der Waals surface area contributed by atoms with Crippen LogP contribution in [0.1, 0.15) is 40.8 Å². The van der Waals surface area contributed by atoms with Crippen LogP contribution in [0.15, 0.2) is 72.8 Å². The topological polar surface area (TPSA) is 83.4 Å². The molecule has 3 aromatic rings. The molecule has 1 heterocycles. The Morgan fingerprint density at radius 1 is 1.13 bits per heavy atom. The number of alkyl carbamates (subject to hydrolysis) is 1. The summed E-state index contributed by atoms with van der Waals surface area (Å²) in [7, 11) is 1.62. The maximum atomic E-state index is 12.6. The molecule has 2 N–H and O–H groups in total. The SMILES string of the molecule is COc1ccc2c(c1)[C@@H](NC(=O)OCc1ccccc1)C[C@@H](c1ccc(C#N)cc1)N2. The lowest BCUT2D eigenvalue weighted by atomic mass is 9.89. The van der Waals surface area contributed by atoms with Gasteiger partial charge in [0, 0.05) is 11.3 Å². The highest BCUT2D eigenvalue weighted by atomic mass is 16.5. The highest BCUT2D eigenvalue weighted by molar-refractivity contribution is 5.70. The fourth-order valence-corrected chi connectivity index (χ4v) is 3.75. The number of rotatable bonds is 5. The number of methoxy groups -OCH3 is 1. The molecule has 0 fully saturated rings. The molecular formula is C25H23N3O3. The fraction of sp³-hybridized carbons (Fsp3) is 0.200. The Bertz CT molecular complexity index is 1090. The number of nitriles is 1. The van der Waals surface area contributed by atoms with Gasteiger partial charge in [-0.3, -0.25) is 0 Å². The van der Waals surface area contributed by atoms with E-state index in [9.17, 15) is 4.79 Å². The highest BCUT2D eigenvalue weighted by Crippen LogP contribution is 2.40. The summed E-state index contributed by atoms with van der Waals surface area (Å²) in [5.74, 6) is 0.724. The number of nitrogens with one attached hydrogen (secondary N) is 2. The lowest BCUT2D eigenvalue weighted by molar-refractivity contribution is 0.134. The first-order chi connectivity index (χ1) is 15.2. The predicted molar refractivity (Wildman–Crippen MR) is 118 cm³/mol. The van der Waals surface area contributed by atoms with Crippen molar-refractivity contribution in [2.24, 2.45) is 0 Å². The summed E-state index contributed by atoms with van der Waals surface area (Å²) >= 11 is 0. The van der Waals surface area contributed by atoms with E-state index < -0.39 is 6.09 Å². The van der Waals surface area contributed by atoms with E-state index in [-0.39, 0.29) is 18.7 Å². The Morgan fingerprint density at radius 2 is 1.90 bits per heavy atom. The Hall–Kier alpha value is -3.98. The van der Waals surface area contributed by atoms with Gasteiger partial charge in [0.15, 0.2) is 0 Å². The molecule has 4 rings (SSSR count). The summed E-state index contributed by atoms with van der Waals surface area (Å²) in [4.78, 5) is 12.6. The first kappa shape index (κ1) is 20.3. The van der Waals surface area contributed by atoms with Crippen molar-refractivity contribution in [3.05, 3.63) is 95.1 Å². The average Bonchev–Trinajstić information content (AvgIpc) is 2.83. The number of fused-ring (bicyclic) bond motifs is 1. The zero-order valence-corrected chi connectivity index (χ0v) is 17.2. The van der Waals surface area contributed by atoms with Gasteiger partial charge in [0.05, 0.1) is 30.8 Å². The van der Waals surface area contributed by atoms with Gasteiger partial charge in [-0.2, -0.15) is 5.26 Å². The fourth-order valence-electron chi connectivity index (χ4n) is 3.75. The van der Waals surface area contributed by atoms with Crippen molar-refractivity contribution in [3.63, 3.8) is 0 Å². The molecule has 6 heteroatoms. The van der Waals surface area contributed by atoms with E-state index >= 15 is 0 Å². The van der Waals surface area contributed by atoms with Gasteiger partial charge in [-0.15, -0.1) is 0 Å². The zero-order valence-electron chi connectivity index (χ0n) is 17.2. The van der Waals surface area contributed by atoms with Crippen LogP contribution in [0.25, 0.3) is 0 Å². The van der Waals surface area contributed by atoms with Crippen molar-refractivity contribution in [3.8, 4) is 11.8 Å². The number of nitrogens with zero attached hydrogens (tertiary/aromatic N) is 1. The monoisotopic (exact) mass is 413 g/mol. The van der Waals surface area contributed by atoms with Gasteiger partial charge in [0.1, 0.15) is 12.4 Å². The number of carbonyl (C=O) groups is 1. The van der Waals surface area contributed by atoms with Gasteiger partial charge in [0.25, 0.3) is 0 Å². The van der Waals surface area contributed by atoms with Crippen molar-refractivity contribution in [1.29, 1.82) is 5.26 Å². The van der Waals surface area contributed by atoms with Crippen molar-refractivity contribution < 1.29 is 14.3 Å². The summed E-state index contributed by atoms with van der Waals surface area (Å²) in [6.07, 6.45) is 0.162. The zero-order chi connectivity index (χ0) is 21.6. The highest BCUT2D eigenvalue weighted by Gasteiger charge is 2.29. The molecule has 156 valence electrons. The van der Waals surface area contributed by atoms with Crippen LogP contribution in [0.4, 0.5) is 10.5 Å². The molecule has 3 aromatic carbocycles. The second kappa shape index (κ2) is 9.23. The van der Waals surface area contributed by atoms with Crippen LogP contribution in [0.3, 0.4) is 0 Å². The normalized spacial score (nSPS) is 16.9. The van der Waals surface area contributed by atoms with Crippen LogP contribution < -0.4 is 15.4 Å². The molecule has 1 aliphatic heterocycles. The molecule has 0 saturated carbocycles. The van der Waals surface area contributed by atoms with Crippen LogP contribution in [0.5, 0.6) is 5.75 Å². The number of anilines is 1. The van der Waals surface area contributed by atoms with E-state index in [1.54, 1.807) is 19.2 Å². The molecule has 0 bridgehead atoms. The third-order valence-corrected chi connectivity index (χ3v) is 5.38. The van der Waals surface area contributed by atoms with Gasteiger partial charge in [-0.1, -0.05) is 42.5 Å². The minimum absolute atomic E-state index is 0.0203. The molecule has 0 unspecified atom stereocenters. The molecule has 0 aromatic heterocycles. The smallest absolute Gasteiger partial charge is 0.407 e. The number of hydrogen-bond acceptors (Lipinski definition) is 5. The summed E-state index contributed by atoms with van der Waals surface area (Å²) in [6.45, 7) is 0.210. The van der Waals surface area contributed by atoms with Crippen LogP contribution in [0.2, 0.25) is 0 Å². The first-order valence-corrected chi connectivity index (χ1v) is 10.1. The molecule has 31 heavy (non-hydrogen) atoms. The average molecular weight is 413 g/mol. The maximum absolute atomic E-state index is 12.6. The number of amides is 1. The molecule has 6 nitrogen and oxygen atoms in total. The summed E-state index contributed by atoms with van der Waals surface area (Å²) in [6, 6.07) is 24.7. The van der Waals surface area contributed by atoms with Gasteiger partial charge in [-0.25, -0.2) is 4.79 Å². The number of benzene rings is 3. The van der Waals surface area contributed by atoms with Crippen LogP contribution >= 0.6 is 0 Å². The van der Waals surface area contributed by atoms with E-state index in [4.69, 9.17) is 14.7 Å². The molecule has 2 atom stereocenters. The standard InChI is InChI=1S/C25H23N3O3/c1-30-20-11-12-22-21(13-20)24(28-25(29)31-16-18-5-3-2-4-6-18)14-23(27-22)19-9-7-17(15-26)8-10-19/h2-13,23-24,27H,14,16H2,1H3,(H,28,29)/t23-,24-/m0/s1. The van der Waals surface area contributed by atoms with Gasteiger partial charge in [0.2, 0.25) is 0 Å².